The monoisotopic (exact) mass is 266 g/mol. The first kappa shape index (κ1) is 18.5. The second-order valence-electron chi connectivity index (χ2n) is 5.43. The number of rotatable bonds is 13. The molecule has 0 fully saturated rings. The van der Waals surface area contributed by atoms with E-state index in [2.05, 4.69) is 18.8 Å². The zero-order valence-corrected chi connectivity index (χ0v) is 13.3. The van der Waals surface area contributed by atoms with Crippen LogP contribution in [0, 0.1) is 11.8 Å². The lowest BCUT2D eigenvalue weighted by Gasteiger charge is -2.01. The standard InChI is InChI=1S/C18H34O/c1-3-4-5-6-7-8-9-10-11-12-13-14-15-16-17-18-19-2/h3-15,18H2,1-2H3. The number of ether oxygens (including phenoxy) is 1. The van der Waals surface area contributed by atoms with Gasteiger partial charge in [-0.3, -0.25) is 0 Å². The van der Waals surface area contributed by atoms with Crippen molar-refractivity contribution < 1.29 is 4.74 Å². The Kier molecular flexibility index (Phi) is 17.1. The highest BCUT2D eigenvalue weighted by Crippen LogP contribution is 2.12. The molecule has 0 bridgehead atoms. The van der Waals surface area contributed by atoms with Crippen molar-refractivity contribution in [3.63, 3.8) is 0 Å². The Morgan fingerprint density at radius 2 is 1.11 bits per heavy atom. The molecule has 0 unspecified atom stereocenters. The summed E-state index contributed by atoms with van der Waals surface area (Å²) in [6.07, 6.45) is 17.9. The largest absolute Gasteiger partial charge is 0.372 e. The van der Waals surface area contributed by atoms with Crippen molar-refractivity contribution in [1.82, 2.24) is 0 Å². The predicted molar refractivity (Wildman–Crippen MR) is 85.3 cm³/mol. The van der Waals surface area contributed by atoms with Crippen LogP contribution >= 0.6 is 0 Å². The van der Waals surface area contributed by atoms with E-state index in [0.717, 1.165) is 6.42 Å². The van der Waals surface area contributed by atoms with Gasteiger partial charge in [0.15, 0.2) is 0 Å². The third kappa shape index (κ3) is 17.5. The van der Waals surface area contributed by atoms with Crippen LogP contribution in [0.4, 0.5) is 0 Å². The Labute approximate surface area is 121 Å². The molecule has 0 amide bonds. The molecule has 0 aromatic heterocycles. The van der Waals surface area contributed by atoms with Crippen LogP contribution in [-0.2, 0) is 4.74 Å². The molecule has 1 heteroatoms. The van der Waals surface area contributed by atoms with Crippen LogP contribution in [-0.4, -0.2) is 13.7 Å². The lowest BCUT2D eigenvalue weighted by molar-refractivity contribution is 0.239. The molecule has 0 heterocycles. The highest BCUT2D eigenvalue weighted by molar-refractivity contribution is 4.98. The van der Waals surface area contributed by atoms with Gasteiger partial charge in [-0.25, -0.2) is 0 Å². The molecule has 0 aliphatic carbocycles. The first-order valence-electron chi connectivity index (χ1n) is 8.36. The Balaban J connectivity index is 2.97. The van der Waals surface area contributed by atoms with Gasteiger partial charge in [-0.2, -0.15) is 0 Å². The number of unbranched alkanes of at least 4 members (excludes halogenated alkanes) is 12. The molecule has 0 aromatic rings. The van der Waals surface area contributed by atoms with Gasteiger partial charge in [-0.15, -0.1) is 5.92 Å². The van der Waals surface area contributed by atoms with Gasteiger partial charge in [0.05, 0.1) is 0 Å². The lowest BCUT2D eigenvalue weighted by Crippen LogP contribution is -1.83. The minimum Gasteiger partial charge on any atom is -0.372 e. The molecule has 0 aromatic carbocycles. The topological polar surface area (TPSA) is 9.23 Å². The first-order chi connectivity index (χ1) is 9.41. The quantitative estimate of drug-likeness (QED) is 0.306. The summed E-state index contributed by atoms with van der Waals surface area (Å²) in [6, 6.07) is 0. The summed E-state index contributed by atoms with van der Waals surface area (Å²) in [4.78, 5) is 0. The molecular weight excluding hydrogens is 232 g/mol. The van der Waals surface area contributed by atoms with Crippen molar-refractivity contribution in [2.75, 3.05) is 13.7 Å². The van der Waals surface area contributed by atoms with Crippen LogP contribution in [0.1, 0.15) is 90.4 Å². The summed E-state index contributed by atoms with van der Waals surface area (Å²) in [5.41, 5.74) is 0. The third-order valence-corrected chi connectivity index (χ3v) is 3.50. The maximum Gasteiger partial charge on any atom is 0.107 e. The van der Waals surface area contributed by atoms with E-state index in [1.165, 1.54) is 77.0 Å². The Hall–Kier alpha value is -0.480. The van der Waals surface area contributed by atoms with Crippen molar-refractivity contribution in [2.24, 2.45) is 0 Å². The van der Waals surface area contributed by atoms with Crippen LogP contribution in [0.3, 0.4) is 0 Å². The molecule has 0 N–H and O–H groups in total. The van der Waals surface area contributed by atoms with E-state index >= 15 is 0 Å². The average molecular weight is 266 g/mol. The van der Waals surface area contributed by atoms with Crippen LogP contribution in [0.15, 0.2) is 0 Å². The van der Waals surface area contributed by atoms with Crippen molar-refractivity contribution in [2.45, 2.75) is 90.4 Å². The van der Waals surface area contributed by atoms with Gasteiger partial charge < -0.3 is 4.74 Å². The van der Waals surface area contributed by atoms with Crippen LogP contribution < -0.4 is 0 Å². The molecular formula is C18H34O. The number of hydrogen-bond donors (Lipinski definition) is 0. The summed E-state index contributed by atoms with van der Waals surface area (Å²) in [5.74, 6) is 6.15. The molecule has 1 nitrogen and oxygen atoms in total. The molecule has 0 rings (SSSR count). The Bertz CT molecular complexity index is 211. The van der Waals surface area contributed by atoms with Gasteiger partial charge in [0.1, 0.15) is 6.61 Å². The molecule has 112 valence electrons. The van der Waals surface area contributed by atoms with E-state index in [9.17, 15) is 0 Å². The highest BCUT2D eigenvalue weighted by Gasteiger charge is 1.92. The Morgan fingerprint density at radius 3 is 1.58 bits per heavy atom. The molecule has 0 aliphatic rings. The van der Waals surface area contributed by atoms with Crippen molar-refractivity contribution in [3.05, 3.63) is 0 Å². The smallest absolute Gasteiger partial charge is 0.107 e. The molecule has 19 heavy (non-hydrogen) atoms. The lowest BCUT2D eigenvalue weighted by atomic mass is 10.0. The minimum absolute atomic E-state index is 0.582. The predicted octanol–water partition coefficient (Wildman–Crippen LogP) is 5.73. The molecule has 0 spiro atoms. The van der Waals surface area contributed by atoms with Gasteiger partial charge in [-0.05, 0) is 6.42 Å². The maximum atomic E-state index is 4.88. The number of hydrogen-bond acceptors (Lipinski definition) is 1. The second-order valence-corrected chi connectivity index (χ2v) is 5.43. The summed E-state index contributed by atoms with van der Waals surface area (Å²) < 4.78 is 4.88. The third-order valence-electron chi connectivity index (χ3n) is 3.50. The van der Waals surface area contributed by atoms with Gasteiger partial charge in [0.2, 0.25) is 0 Å². The van der Waals surface area contributed by atoms with Crippen LogP contribution in [0.2, 0.25) is 0 Å². The molecule has 0 saturated carbocycles. The van der Waals surface area contributed by atoms with Gasteiger partial charge >= 0.3 is 0 Å². The van der Waals surface area contributed by atoms with Crippen LogP contribution in [0.5, 0.6) is 0 Å². The fourth-order valence-corrected chi connectivity index (χ4v) is 2.27. The highest BCUT2D eigenvalue weighted by atomic mass is 16.5. The second kappa shape index (κ2) is 17.5. The van der Waals surface area contributed by atoms with E-state index in [0.29, 0.717) is 6.61 Å². The van der Waals surface area contributed by atoms with E-state index in [1.54, 1.807) is 7.11 Å². The average Bonchev–Trinajstić information content (AvgIpc) is 2.43. The molecule has 0 aliphatic heterocycles. The van der Waals surface area contributed by atoms with Gasteiger partial charge in [0.25, 0.3) is 0 Å². The zero-order chi connectivity index (χ0) is 14.0. The normalized spacial score (nSPS) is 10.2. The summed E-state index contributed by atoms with van der Waals surface area (Å²) in [7, 11) is 1.69. The van der Waals surface area contributed by atoms with E-state index in [-0.39, 0.29) is 0 Å². The zero-order valence-electron chi connectivity index (χ0n) is 13.3. The summed E-state index contributed by atoms with van der Waals surface area (Å²) in [5, 5.41) is 0. The summed E-state index contributed by atoms with van der Waals surface area (Å²) >= 11 is 0. The molecule has 0 saturated heterocycles. The first-order valence-corrected chi connectivity index (χ1v) is 8.36. The van der Waals surface area contributed by atoms with E-state index < -0.39 is 0 Å². The van der Waals surface area contributed by atoms with Crippen molar-refractivity contribution >= 4 is 0 Å². The van der Waals surface area contributed by atoms with Gasteiger partial charge in [0, 0.05) is 13.5 Å². The van der Waals surface area contributed by atoms with Gasteiger partial charge in [-0.1, -0.05) is 83.5 Å². The fourth-order valence-electron chi connectivity index (χ4n) is 2.27. The summed E-state index contributed by atoms with van der Waals surface area (Å²) in [6.45, 7) is 2.86. The SMILES string of the molecule is CCCCCCCCCCCCCCC#CCOC. The fraction of sp³-hybridized carbons (Fsp3) is 0.889. The minimum atomic E-state index is 0.582. The van der Waals surface area contributed by atoms with Crippen molar-refractivity contribution in [1.29, 1.82) is 0 Å². The maximum absolute atomic E-state index is 4.88. The Morgan fingerprint density at radius 1 is 0.632 bits per heavy atom. The number of methoxy groups -OCH3 is 1. The van der Waals surface area contributed by atoms with E-state index in [4.69, 9.17) is 4.74 Å². The molecule has 0 atom stereocenters. The van der Waals surface area contributed by atoms with Crippen LogP contribution in [0.25, 0.3) is 0 Å². The molecule has 0 radical (unpaired) electrons. The van der Waals surface area contributed by atoms with E-state index in [1.807, 2.05) is 0 Å². The van der Waals surface area contributed by atoms with Crippen molar-refractivity contribution in [3.8, 4) is 11.8 Å².